The quantitative estimate of drug-likeness (QED) is 0.348. The van der Waals surface area contributed by atoms with Crippen LogP contribution < -0.4 is 5.06 Å². The summed E-state index contributed by atoms with van der Waals surface area (Å²) in [5.41, 5.74) is 5.34. The van der Waals surface area contributed by atoms with Crippen LogP contribution in [0.4, 0.5) is 5.82 Å². The van der Waals surface area contributed by atoms with Crippen molar-refractivity contribution >= 4 is 22.4 Å². The molecular formula is C20H23N5OU. The van der Waals surface area contributed by atoms with E-state index in [1.165, 1.54) is 24.8 Å². The number of aromatic amines is 1. The molecule has 6 nitrogen and oxygen atoms in total. The van der Waals surface area contributed by atoms with Crippen LogP contribution in [0.5, 0.6) is 0 Å². The van der Waals surface area contributed by atoms with Crippen molar-refractivity contribution in [2.75, 3.05) is 12.1 Å². The summed E-state index contributed by atoms with van der Waals surface area (Å²) in [6.45, 7) is 2.15. The van der Waals surface area contributed by atoms with Crippen LogP contribution in [0.3, 0.4) is 0 Å². The fourth-order valence-electron chi connectivity index (χ4n) is 3.00. The Hall–Kier alpha value is -1.81. The molecule has 4 heterocycles. The van der Waals surface area contributed by atoms with Crippen LogP contribution in [0, 0.1) is 31.1 Å². The number of fused-ring (bicyclic) bond motifs is 2. The van der Waals surface area contributed by atoms with Gasteiger partial charge in [0.05, 0.1) is 5.52 Å². The minimum Gasteiger partial charge on any atom is -0.346 e. The first kappa shape index (κ1) is 19.9. The van der Waals surface area contributed by atoms with Crippen LogP contribution in [0.2, 0.25) is 0 Å². The Morgan fingerprint density at radius 1 is 1.22 bits per heavy atom. The van der Waals surface area contributed by atoms with E-state index in [0.29, 0.717) is 5.82 Å². The van der Waals surface area contributed by atoms with E-state index in [1.54, 1.807) is 11.6 Å². The molecule has 0 spiro atoms. The molecule has 0 saturated heterocycles. The van der Waals surface area contributed by atoms with Crippen molar-refractivity contribution in [1.29, 1.82) is 0 Å². The average Bonchev–Trinajstić information content (AvgIpc) is 3.34. The standard InChI is InChI=1S/C17H17N5O.C3H6.U/c1-3-13-14-4-6-18-17(14)19-10-15(13)11-5-7-22-12(8-11)9-16(20-22)21(2)23;1-2-3-1;/h4-10,23H,3H2,1-2H3,(H,18,19);1-3H2;. The monoisotopic (exact) mass is 587 g/mol. The summed E-state index contributed by atoms with van der Waals surface area (Å²) >= 11 is 0. The third-order valence-electron chi connectivity index (χ3n) is 4.50. The normalized spacial score (nSPS) is 12.4. The van der Waals surface area contributed by atoms with Gasteiger partial charge in [-0.2, -0.15) is 0 Å². The van der Waals surface area contributed by atoms with E-state index in [-0.39, 0.29) is 31.1 Å². The smallest absolute Gasteiger partial charge is 0.174 e. The maximum Gasteiger partial charge on any atom is 0.174 e. The molecule has 0 amide bonds. The Labute approximate surface area is 181 Å². The van der Waals surface area contributed by atoms with E-state index in [1.807, 2.05) is 30.7 Å². The van der Waals surface area contributed by atoms with Crippen LogP contribution in [0.15, 0.2) is 42.9 Å². The van der Waals surface area contributed by atoms with Crippen molar-refractivity contribution in [3.63, 3.8) is 0 Å². The van der Waals surface area contributed by atoms with Gasteiger partial charge in [0.2, 0.25) is 0 Å². The topological polar surface area (TPSA) is 69.4 Å². The van der Waals surface area contributed by atoms with E-state index < -0.39 is 0 Å². The maximum atomic E-state index is 9.53. The molecule has 27 heavy (non-hydrogen) atoms. The molecular weight excluding hydrogens is 564 g/mol. The molecule has 7 heteroatoms. The summed E-state index contributed by atoms with van der Waals surface area (Å²) in [6, 6.07) is 8.00. The van der Waals surface area contributed by atoms with Gasteiger partial charge in [0.15, 0.2) is 5.82 Å². The second-order valence-corrected chi connectivity index (χ2v) is 6.62. The molecule has 1 fully saturated rings. The fraction of sp³-hybridized carbons (Fsp3) is 0.300. The second-order valence-electron chi connectivity index (χ2n) is 6.62. The summed E-state index contributed by atoms with van der Waals surface area (Å²) in [5, 5.41) is 16.0. The van der Waals surface area contributed by atoms with Crippen molar-refractivity contribution < 1.29 is 36.3 Å². The zero-order chi connectivity index (χ0) is 18.1. The van der Waals surface area contributed by atoms with Crippen LogP contribution >= 0.6 is 0 Å². The van der Waals surface area contributed by atoms with Crippen molar-refractivity contribution in [3.05, 3.63) is 48.4 Å². The number of hydroxylamine groups is 1. The van der Waals surface area contributed by atoms with Gasteiger partial charge < -0.3 is 4.98 Å². The average molecular weight is 587 g/mol. The number of nitrogens with zero attached hydrogens (tertiary/aromatic N) is 4. The minimum atomic E-state index is 0. The summed E-state index contributed by atoms with van der Waals surface area (Å²) in [6.07, 6.45) is 11.2. The molecule has 1 saturated carbocycles. The van der Waals surface area contributed by atoms with Gasteiger partial charge in [-0.05, 0) is 35.7 Å². The molecule has 0 aromatic carbocycles. The van der Waals surface area contributed by atoms with Gasteiger partial charge >= 0.3 is 0 Å². The molecule has 4 aromatic rings. The molecule has 4 aromatic heterocycles. The summed E-state index contributed by atoms with van der Waals surface area (Å²) in [7, 11) is 1.56. The van der Waals surface area contributed by atoms with Gasteiger partial charge in [-0.3, -0.25) is 5.21 Å². The Morgan fingerprint density at radius 2 is 2.00 bits per heavy atom. The van der Waals surface area contributed by atoms with Crippen LogP contribution in [0.25, 0.3) is 27.7 Å². The molecule has 138 valence electrons. The van der Waals surface area contributed by atoms with Gasteiger partial charge in [-0.1, -0.05) is 26.2 Å². The van der Waals surface area contributed by atoms with Crippen molar-refractivity contribution in [1.82, 2.24) is 19.6 Å². The van der Waals surface area contributed by atoms with Crippen LogP contribution in [-0.2, 0) is 6.42 Å². The molecule has 0 aliphatic heterocycles. The van der Waals surface area contributed by atoms with Crippen LogP contribution in [-0.4, -0.2) is 31.8 Å². The Balaban J connectivity index is 0.000000480. The Kier molecular flexibility index (Phi) is 6.26. The van der Waals surface area contributed by atoms with E-state index in [0.717, 1.165) is 39.2 Å². The number of aryl methyl sites for hydroxylation is 1. The van der Waals surface area contributed by atoms with E-state index >= 15 is 0 Å². The van der Waals surface area contributed by atoms with E-state index in [9.17, 15) is 5.21 Å². The molecule has 1 aliphatic carbocycles. The Bertz CT molecular complexity index is 1050. The van der Waals surface area contributed by atoms with Crippen LogP contribution in [0.1, 0.15) is 31.7 Å². The number of rotatable bonds is 3. The van der Waals surface area contributed by atoms with Gasteiger partial charge in [0.25, 0.3) is 0 Å². The zero-order valence-electron chi connectivity index (χ0n) is 15.6. The minimum absolute atomic E-state index is 0. The first-order valence-corrected chi connectivity index (χ1v) is 9.04. The first-order chi connectivity index (χ1) is 12.7. The number of aromatic nitrogens is 4. The largest absolute Gasteiger partial charge is 0.346 e. The van der Waals surface area contributed by atoms with Crippen molar-refractivity contribution in [2.24, 2.45) is 0 Å². The fourth-order valence-corrected chi connectivity index (χ4v) is 3.00. The SMILES string of the molecule is C1CC1.CCc1c(-c2ccn3nc(N(C)O)cc3c2)cnc2[nH]ccc12.[U]. The Morgan fingerprint density at radius 3 is 2.67 bits per heavy atom. The molecule has 1 aliphatic rings. The number of anilines is 1. The number of hydrogen-bond acceptors (Lipinski definition) is 4. The van der Waals surface area contributed by atoms with Crippen molar-refractivity contribution in [3.8, 4) is 11.1 Å². The predicted molar refractivity (Wildman–Crippen MR) is 104 cm³/mol. The molecule has 5 rings (SSSR count). The number of H-pyrrole nitrogens is 1. The van der Waals surface area contributed by atoms with Gasteiger partial charge in [0.1, 0.15) is 5.65 Å². The second kappa shape index (κ2) is 8.47. The number of hydrogen-bond donors (Lipinski definition) is 2. The number of nitrogens with one attached hydrogen (secondary N) is 1. The summed E-state index contributed by atoms with van der Waals surface area (Å²) < 4.78 is 1.75. The third-order valence-corrected chi connectivity index (χ3v) is 4.50. The summed E-state index contributed by atoms with van der Waals surface area (Å²) in [5.74, 6) is 0.511. The molecule has 0 unspecified atom stereocenters. The van der Waals surface area contributed by atoms with E-state index in [2.05, 4.69) is 34.1 Å². The number of pyridine rings is 2. The van der Waals surface area contributed by atoms with Gasteiger partial charge in [0, 0.05) is 73.8 Å². The first-order valence-electron chi connectivity index (χ1n) is 9.04. The molecule has 0 radical (unpaired) electrons. The molecule has 2 N–H and O–H groups in total. The van der Waals surface area contributed by atoms with Crippen molar-refractivity contribution in [2.45, 2.75) is 32.6 Å². The molecule has 0 atom stereocenters. The summed E-state index contributed by atoms with van der Waals surface area (Å²) in [4.78, 5) is 7.67. The third kappa shape index (κ3) is 4.21. The zero-order valence-corrected chi connectivity index (χ0v) is 19.8. The van der Waals surface area contributed by atoms with Gasteiger partial charge in [-0.25, -0.2) is 14.6 Å². The molecule has 0 bridgehead atoms. The maximum absolute atomic E-state index is 9.53. The van der Waals surface area contributed by atoms with E-state index in [4.69, 9.17) is 0 Å². The van der Waals surface area contributed by atoms with Gasteiger partial charge in [-0.15, -0.1) is 5.10 Å². The predicted octanol–water partition coefficient (Wildman–Crippen LogP) is 4.44.